The maximum atomic E-state index is 12.5. The van der Waals surface area contributed by atoms with Gasteiger partial charge in [-0.25, -0.2) is 0 Å². The first-order chi connectivity index (χ1) is 12.5. The lowest BCUT2D eigenvalue weighted by Crippen LogP contribution is -2.21. The SMILES string of the molecule is Cc1ccc(C(=O)/N=c2\sc3cc4c(cc3n2CC(=O)O)OCO4)cc1. The van der Waals surface area contributed by atoms with Gasteiger partial charge in [0.15, 0.2) is 16.3 Å². The molecule has 7 nitrogen and oxygen atoms in total. The van der Waals surface area contributed by atoms with Gasteiger partial charge >= 0.3 is 5.97 Å². The summed E-state index contributed by atoms with van der Waals surface area (Å²) in [6.07, 6.45) is 0. The normalized spacial score (nSPS) is 13.3. The highest BCUT2D eigenvalue weighted by atomic mass is 32.1. The van der Waals surface area contributed by atoms with Crippen LogP contribution in [0.1, 0.15) is 15.9 Å². The van der Waals surface area contributed by atoms with E-state index in [1.54, 1.807) is 24.3 Å². The number of rotatable bonds is 3. The Labute approximate surface area is 151 Å². The predicted octanol–water partition coefficient (Wildman–Crippen LogP) is 2.57. The van der Waals surface area contributed by atoms with Gasteiger partial charge in [0.25, 0.3) is 5.91 Å². The Morgan fingerprint density at radius 3 is 2.58 bits per heavy atom. The van der Waals surface area contributed by atoms with Crippen molar-refractivity contribution in [3.63, 3.8) is 0 Å². The van der Waals surface area contributed by atoms with Crippen LogP contribution in [0.25, 0.3) is 10.2 Å². The van der Waals surface area contributed by atoms with Crippen LogP contribution in [-0.4, -0.2) is 28.3 Å². The topological polar surface area (TPSA) is 90.1 Å². The maximum Gasteiger partial charge on any atom is 0.323 e. The smallest absolute Gasteiger partial charge is 0.323 e. The molecular weight excluding hydrogens is 356 g/mol. The van der Waals surface area contributed by atoms with E-state index < -0.39 is 11.9 Å². The standard InChI is InChI=1S/C18H14N2O5S/c1-10-2-4-11(5-3-10)17(23)19-18-20(8-16(21)22)12-6-13-14(25-9-24-13)7-15(12)26-18/h2-7H,8-9H2,1H3,(H,21,22)/b19-18-. The summed E-state index contributed by atoms with van der Waals surface area (Å²) in [4.78, 5) is 28.2. The molecule has 1 aliphatic heterocycles. The van der Waals surface area contributed by atoms with Crippen molar-refractivity contribution in [1.29, 1.82) is 0 Å². The number of amides is 1. The van der Waals surface area contributed by atoms with Crippen LogP contribution in [0.4, 0.5) is 0 Å². The van der Waals surface area contributed by atoms with Crippen LogP contribution in [0.15, 0.2) is 41.4 Å². The first kappa shape index (κ1) is 16.3. The quantitative estimate of drug-likeness (QED) is 0.765. The zero-order chi connectivity index (χ0) is 18.3. The van der Waals surface area contributed by atoms with Crippen molar-refractivity contribution in [3.8, 4) is 11.5 Å². The van der Waals surface area contributed by atoms with Crippen LogP contribution in [0.5, 0.6) is 11.5 Å². The van der Waals surface area contributed by atoms with Gasteiger partial charge < -0.3 is 19.1 Å². The Morgan fingerprint density at radius 2 is 1.88 bits per heavy atom. The Bertz CT molecular complexity index is 1100. The Kier molecular flexibility index (Phi) is 3.96. The molecule has 4 rings (SSSR count). The van der Waals surface area contributed by atoms with Gasteiger partial charge in [0.1, 0.15) is 6.54 Å². The average molecular weight is 370 g/mol. The molecule has 0 aliphatic carbocycles. The molecule has 3 aromatic rings. The zero-order valence-electron chi connectivity index (χ0n) is 13.8. The van der Waals surface area contributed by atoms with E-state index in [0.717, 1.165) is 10.3 Å². The number of ether oxygens (including phenoxy) is 2. The van der Waals surface area contributed by atoms with Crippen molar-refractivity contribution in [2.75, 3.05) is 6.79 Å². The lowest BCUT2D eigenvalue weighted by molar-refractivity contribution is -0.137. The third-order valence-electron chi connectivity index (χ3n) is 3.97. The van der Waals surface area contributed by atoms with Crippen molar-refractivity contribution < 1.29 is 24.2 Å². The van der Waals surface area contributed by atoms with Crippen molar-refractivity contribution in [1.82, 2.24) is 4.57 Å². The van der Waals surface area contributed by atoms with Crippen LogP contribution in [0.2, 0.25) is 0 Å². The second-order valence-electron chi connectivity index (χ2n) is 5.82. The molecule has 0 radical (unpaired) electrons. The van der Waals surface area contributed by atoms with Gasteiger partial charge in [0, 0.05) is 17.7 Å². The van der Waals surface area contributed by atoms with E-state index in [9.17, 15) is 14.7 Å². The number of nitrogens with zero attached hydrogens (tertiary/aromatic N) is 2. The fourth-order valence-electron chi connectivity index (χ4n) is 2.68. The third kappa shape index (κ3) is 2.95. The Balaban J connectivity index is 1.86. The number of carboxylic acid groups (broad SMARTS) is 1. The summed E-state index contributed by atoms with van der Waals surface area (Å²) < 4.78 is 13.0. The average Bonchev–Trinajstić information content (AvgIpc) is 3.18. The fourth-order valence-corrected chi connectivity index (χ4v) is 3.72. The van der Waals surface area contributed by atoms with E-state index in [1.165, 1.54) is 15.9 Å². The molecule has 0 bridgehead atoms. The van der Waals surface area contributed by atoms with Gasteiger partial charge in [-0.1, -0.05) is 29.0 Å². The van der Waals surface area contributed by atoms with Gasteiger partial charge in [-0.2, -0.15) is 4.99 Å². The van der Waals surface area contributed by atoms with E-state index in [4.69, 9.17) is 9.47 Å². The van der Waals surface area contributed by atoms with E-state index in [1.807, 2.05) is 19.1 Å². The lowest BCUT2D eigenvalue weighted by Gasteiger charge is -2.02. The Hall–Kier alpha value is -3.13. The van der Waals surface area contributed by atoms with Crippen LogP contribution in [0, 0.1) is 6.92 Å². The number of fused-ring (bicyclic) bond motifs is 2. The summed E-state index contributed by atoms with van der Waals surface area (Å²) in [5.74, 6) is -0.300. The molecule has 0 unspecified atom stereocenters. The number of hydrogen-bond acceptors (Lipinski definition) is 5. The summed E-state index contributed by atoms with van der Waals surface area (Å²) in [6.45, 7) is 1.76. The first-order valence-corrected chi connectivity index (χ1v) is 8.63. The molecule has 1 aliphatic rings. The van der Waals surface area contributed by atoms with E-state index >= 15 is 0 Å². The van der Waals surface area contributed by atoms with Gasteiger partial charge in [-0.3, -0.25) is 9.59 Å². The molecule has 0 atom stereocenters. The highest BCUT2D eigenvalue weighted by Crippen LogP contribution is 2.36. The van der Waals surface area contributed by atoms with Gasteiger partial charge in [0.05, 0.1) is 10.2 Å². The lowest BCUT2D eigenvalue weighted by atomic mass is 10.1. The van der Waals surface area contributed by atoms with Crippen molar-refractivity contribution in [3.05, 3.63) is 52.3 Å². The van der Waals surface area contributed by atoms with Crippen LogP contribution >= 0.6 is 11.3 Å². The summed E-state index contributed by atoms with van der Waals surface area (Å²) >= 11 is 1.23. The number of carbonyl (C=O) groups excluding carboxylic acids is 1. The number of aliphatic carboxylic acids is 1. The summed E-state index contributed by atoms with van der Waals surface area (Å²) in [6, 6.07) is 10.6. The molecule has 2 heterocycles. The number of thiazole rings is 1. The second kappa shape index (κ2) is 6.30. The van der Waals surface area contributed by atoms with E-state index in [2.05, 4.69) is 4.99 Å². The number of aromatic nitrogens is 1. The number of benzene rings is 2. The number of carbonyl (C=O) groups is 2. The molecule has 26 heavy (non-hydrogen) atoms. The van der Waals surface area contributed by atoms with Crippen molar-refractivity contribution in [2.24, 2.45) is 4.99 Å². The van der Waals surface area contributed by atoms with Crippen LogP contribution in [-0.2, 0) is 11.3 Å². The van der Waals surface area contributed by atoms with E-state index in [0.29, 0.717) is 27.4 Å². The minimum atomic E-state index is -1.02. The van der Waals surface area contributed by atoms with Gasteiger partial charge in [-0.05, 0) is 19.1 Å². The molecule has 132 valence electrons. The minimum Gasteiger partial charge on any atom is -0.480 e. The van der Waals surface area contributed by atoms with Crippen LogP contribution in [0.3, 0.4) is 0 Å². The van der Waals surface area contributed by atoms with E-state index in [-0.39, 0.29) is 13.3 Å². The summed E-state index contributed by atoms with van der Waals surface area (Å²) in [5, 5.41) is 9.25. The first-order valence-electron chi connectivity index (χ1n) is 7.82. The van der Waals surface area contributed by atoms with Crippen molar-refractivity contribution >= 4 is 33.4 Å². The highest BCUT2D eigenvalue weighted by molar-refractivity contribution is 7.16. The molecule has 1 aromatic heterocycles. The number of hydrogen-bond donors (Lipinski definition) is 1. The minimum absolute atomic E-state index is 0.134. The second-order valence-corrected chi connectivity index (χ2v) is 6.83. The Morgan fingerprint density at radius 1 is 1.19 bits per heavy atom. The van der Waals surface area contributed by atoms with Gasteiger partial charge in [0.2, 0.25) is 6.79 Å². The monoisotopic (exact) mass is 370 g/mol. The molecule has 1 amide bonds. The summed E-state index contributed by atoms with van der Waals surface area (Å²) in [7, 11) is 0. The molecule has 0 saturated carbocycles. The third-order valence-corrected chi connectivity index (χ3v) is 5.01. The van der Waals surface area contributed by atoms with Crippen molar-refractivity contribution in [2.45, 2.75) is 13.5 Å². The van der Waals surface area contributed by atoms with Gasteiger partial charge in [-0.15, -0.1) is 0 Å². The summed E-state index contributed by atoms with van der Waals surface area (Å²) in [5.41, 5.74) is 2.13. The largest absolute Gasteiger partial charge is 0.480 e. The highest BCUT2D eigenvalue weighted by Gasteiger charge is 2.19. The molecular formula is C18H14N2O5S. The number of carboxylic acids is 1. The molecule has 0 spiro atoms. The molecule has 2 aromatic carbocycles. The fraction of sp³-hybridized carbons (Fsp3) is 0.167. The molecule has 0 fully saturated rings. The predicted molar refractivity (Wildman–Crippen MR) is 94.6 cm³/mol. The molecule has 0 saturated heterocycles. The van der Waals surface area contributed by atoms with Crippen LogP contribution < -0.4 is 14.3 Å². The number of aryl methyl sites for hydroxylation is 1. The zero-order valence-corrected chi connectivity index (χ0v) is 14.6. The maximum absolute atomic E-state index is 12.5. The molecule has 8 heteroatoms. The molecule has 1 N–H and O–H groups in total.